The van der Waals surface area contributed by atoms with E-state index in [1.807, 2.05) is 6.07 Å². The van der Waals surface area contributed by atoms with Gasteiger partial charge in [-0.25, -0.2) is 0 Å². The predicted octanol–water partition coefficient (Wildman–Crippen LogP) is 3.55. The number of rotatable bonds is 1. The van der Waals surface area contributed by atoms with Gasteiger partial charge in [0.2, 0.25) is 6.79 Å². The van der Waals surface area contributed by atoms with Gasteiger partial charge in [-0.2, -0.15) is 0 Å². The number of hydrogen-bond acceptors (Lipinski definition) is 3. The van der Waals surface area contributed by atoms with Gasteiger partial charge in [0.25, 0.3) is 0 Å². The van der Waals surface area contributed by atoms with Crippen molar-refractivity contribution in [3.05, 3.63) is 59.3 Å². The number of nitrogens with one attached hydrogen (secondary N) is 2. The molecule has 0 saturated carbocycles. The van der Waals surface area contributed by atoms with Crippen LogP contribution in [-0.2, 0) is 6.42 Å². The van der Waals surface area contributed by atoms with E-state index in [-0.39, 0.29) is 18.4 Å². The van der Waals surface area contributed by atoms with E-state index in [0.29, 0.717) is 6.79 Å². The van der Waals surface area contributed by atoms with Crippen LogP contribution >= 0.6 is 12.4 Å². The normalized spacial score (nSPS) is 18.5. The Hall–Kier alpha value is -2.17. The molecule has 5 heteroatoms. The topological polar surface area (TPSA) is 46.3 Å². The third kappa shape index (κ3) is 2.18. The molecule has 0 saturated heterocycles. The van der Waals surface area contributed by atoms with E-state index in [1.54, 1.807) is 0 Å². The lowest BCUT2D eigenvalue weighted by Gasteiger charge is -2.25. The first-order chi connectivity index (χ1) is 10.9. The molecule has 23 heavy (non-hydrogen) atoms. The molecular weight excluding hydrogens is 312 g/mol. The molecule has 2 aromatic carbocycles. The average Bonchev–Trinajstić information content (AvgIpc) is 3.18. The molecule has 0 spiro atoms. The zero-order valence-electron chi connectivity index (χ0n) is 12.5. The molecule has 0 bridgehead atoms. The number of H-pyrrole nitrogens is 1. The summed E-state index contributed by atoms with van der Waals surface area (Å²) in [5.41, 5.74) is 5.11. The number of fused-ring (bicyclic) bond motifs is 4. The number of benzene rings is 2. The highest BCUT2D eigenvalue weighted by Gasteiger charge is 2.26. The minimum Gasteiger partial charge on any atom is -0.454 e. The van der Waals surface area contributed by atoms with E-state index in [0.717, 1.165) is 24.5 Å². The summed E-state index contributed by atoms with van der Waals surface area (Å²) >= 11 is 0. The van der Waals surface area contributed by atoms with Gasteiger partial charge in [-0.05, 0) is 35.7 Å². The van der Waals surface area contributed by atoms with Crippen LogP contribution in [0.2, 0.25) is 0 Å². The zero-order valence-corrected chi connectivity index (χ0v) is 13.3. The lowest BCUT2D eigenvalue weighted by molar-refractivity contribution is 0.174. The minimum atomic E-state index is 0. The number of hydrogen-bond donors (Lipinski definition) is 2. The van der Waals surface area contributed by atoms with Crippen molar-refractivity contribution < 1.29 is 9.47 Å². The first kappa shape index (κ1) is 14.4. The summed E-state index contributed by atoms with van der Waals surface area (Å²) in [6, 6.07) is 14.9. The summed E-state index contributed by atoms with van der Waals surface area (Å²) in [6.07, 6.45) is 1.06. The Labute approximate surface area is 140 Å². The SMILES string of the molecule is Cl.c1ccc2c3c([nH]c2c1)C(c1ccc2c(c1)OCO2)NCC3. The largest absolute Gasteiger partial charge is 0.454 e. The second-order valence-corrected chi connectivity index (χ2v) is 5.81. The van der Waals surface area contributed by atoms with E-state index in [4.69, 9.17) is 9.47 Å². The molecule has 2 aliphatic rings. The highest BCUT2D eigenvalue weighted by atomic mass is 35.5. The summed E-state index contributed by atoms with van der Waals surface area (Å²) in [7, 11) is 0. The van der Waals surface area contributed by atoms with Crippen LogP contribution in [0.15, 0.2) is 42.5 Å². The van der Waals surface area contributed by atoms with Gasteiger partial charge >= 0.3 is 0 Å². The van der Waals surface area contributed by atoms with E-state index in [9.17, 15) is 0 Å². The second kappa shape index (κ2) is 5.48. The zero-order chi connectivity index (χ0) is 14.5. The van der Waals surface area contributed by atoms with Gasteiger partial charge in [-0.1, -0.05) is 24.3 Å². The Kier molecular flexibility index (Phi) is 3.43. The maximum Gasteiger partial charge on any atom is 0.231 e. The van der Waals surface area contributed by atoms with Crippen molar-refractivity contribution in [2.75, 3.05) is 13.3 Å². The van der Waals surface area contributed by atoms with Gasteiger partial charge in [0.05, 0.1) is 6.04 Å². The molecule has 0 aliphatic carbocycles. The average molecular weight is 329 g/mol. The molecule has 5 rings (SSSR count). The highest BCUT2D eigenvalue weighted by molar-refractivity contribution is 5.85. The number of ether oxygens (including phenoxy) is 2. The van der Waals surface area contributed by atoms with Gasteiger partial charge in [0.1, 0.15) is 0 Å². The molecule has 2 N–H and O–H groups in total. The van der Waals surface area contributed by atoms with Crippen LogP contribution in [-0.4, -0.2) is 18.3 Å². The number of halogens is 1. The standard InChI is InChI=1S/C18H16N2O2.ClH/c1-2-4-14-12(3-1)13-7-8-19-17(18(13)20-14)11-5-6-15-16(9-11)22-10-21-15;/h1-6,9,17,19-20H,7-8,10H2;1H. The molecule has 3 heterocycles. The fourth-order valence-corrected chi connectivity index (χ4v) is 3.56. The van der Waals surface area contributed by atoms with Crippen LogP contribution in [0.3, 0.4) is 0 Å². The van der Waals surface area contributed by atoms with E-state index < -0.39 is 0 Å². The predicted molar refractivity (Wildman–Crippen MR) is 91.7 cm³/mol. The molecule has 1 atom stereocenters. The highest BCUT2D eigenvalue weighted by Crippen LogP contribution is 2.38. The van der Waals surface area contributed by atoms with E-state index >= 15 is 0 Å². The maximum atomic E-state index is 5.52. The van der Waals surface area contributed by atoms with Crippen molar-refractivity contribution in [2.24, 2.45) is 0 Å². The Balaban J connectivity index is 0.00000135. The van der Waals surface area contributed by atoms with Crippen molar-refractivity contribution in [1.29, 1.82) is 0 Å². The van der Waals surface area contributed by atoms with Crippen molar-refractivity contribution in [3.63, 3.8) is 0 Å². The molecule has 1 unspecified atom stereocenters. The Morgan fingerprint density at radius 1 is 1.00 bits per heavy atom. The van der Waals surface area contributed by atoms with Crippen LogP contribution < -0.4 is 14.8 Å². The van der Waals surface area contributed by atoms with Gasteiger partial charge in [0.15, 0.2) is 11.5 Å². The monoisotopic (exact) mass is 328 g/mol. The van der Waals surface area contributed by atoms with Crippen molar-refractivity contribution >= 4 is 23.3 Å². The fraction of sp³-hybridized carbons (Fsp3) is 0.222. The van der Waals surface area contributed by atoms with Crippen LogP contribution in [0.1, 0.15) is 22.9 Å². The summed E-state index contributed by atoms with van der Waals surface area (Å²) in [4.78, 5) is 3.60. The molecule has 0 fully saturated rings. The molecular formula is C18H17ClN2O2. The molecule has 2 aliphatic heterocycles. The molecule has 1 aromatic heterocycles. The third-order valence-corrected chi connectivity index (χ3v) is 4.59. The number of aromatic amines is 1. The van der Waals surface area contributed by atoms with Gasteiger partial charge in [0, 0.05) is 23.1 Å². The molecule has 0 radical (unpaired) electrons. The summed E-state index contributed by atoms with van der Waals surface area (Å²) in [6.45, 7) is 1.29. The van der Waals surface area contributed by atoms with Crippen molar-refractivity contribution in [3.8, 4) is 11.5 Å². The van der Waals surface area contributed by atoms with Gasteiger partial charge in [-0.15, -0.1) is 12.4 Å². The molecule has 118 valence electrons. The second-order valence-electron chi connectivity index (χ2n) is 5.81. The quantitative estimate of drug-likeness (QED) is 0.718. The lowest BCUT2D eigenvalue weighted by Crippen LogP contribution is -2.30. The summed E-state index contributed by atoms with van der Waals surface area (Å²) < 4.78 is 10.9. The van der Waals surface area contributed by atoms with E-state index in [2.05, 4.69) is 46.7 Å². The van der Waals surface area contributed by atoms with Crippen LogP contribution in [0.5, 0.6) is 11.5 Å². The van der Waals surface area contributed by atoms with E-state index in [1.165, 1.54) is 27.7 Å². The molecule has 0 amide bonds. The number of aromatic nitrogens is 1. The van der Waals surface area contributed by atoms with Gasteiger partial charge in [-0.3, -0.25) is 0 Å². The van der Waals surface area contributed by atoms with Gasteiger partial charge < -0.3 is 19.8 Å². The molecule has 3 aromatic rings. The van der Waals surface area contributed by atoms with Crippen molar-refractivity contribution in [1.82, 2.24) is 10.3 Å². The van der Waals surface area contributed by atoms with Crippen LogP contribution in [0, 0.1) is 0 Å². The smallest absolute Gasteiger partial charge is 0.231 e. The number of para-hydroxylation sites is 1. The molecule has 4 nitrogen and oxygen atoms in total. The maximum absolute atomic E-state index is 5.52. The van der Waals surface area contributed by atoms with Crippen molar-refractivity contribution in [2.45, 2.75) is 12.5 Å². The van der Waals surface area contributed by atoms with Crippen LogP contribution in [0.25, 0.3) is 10.9 Å². The van der Waals surface area contributed by atoms with Crippen LogP contribution in [0.4, 0.5) is 0 Å². The Bertz CT molecular complexity index is 875. The summed E-state index contributed by atoms with van der Waals surface area (Å²) in [5, 5.41) is 4.95. The first-order valence-corrected chi connectivity index (χ1v) is 7.62. The third-order valence-electron chi connectivity index (χ3n) is 4.59. The lowest BCUT2D eigenvalue weighted by atomic mass is 9.94. The summed E-state index contributed by atoms with van der Waals surface area (Å²) in [5.74, 6) is 1.67. The Morgan fingerprint density at radius 2 is 1.87 bits per heavy atom. The first-order valence-electron chi connectivity index (χ1n) is 7.62. The fourth-order valence-electron chi connectivity index (χ4n) is 3.56. The minimum absolute atomic E-state index is 0. The Morgan fingerprint density at radius 3 is 2.83 bits per heavy atom.